The largest absolute Gasteiger partial charge is 0.506 e. The van der Waals surface area contributed by atoms with Crippen molar-refractivity contribution in [3.05, 3.63) is 70.0 Å². The smallest absolute Gasteiger partial charge is 0.248 e. The van der Waals surface area contributed by atoms with E-state index in [0.717, 1.165) is 44.6 Å². The predicted octanol–water partition coefficient (Wildman–Crippen LogP) is 3.65. The van der Waals surface area contributed by atoms with Gasteiger partial charge in [-0.05, 0) is 86.5 Å². The third kappa shape index (κ3) is 6.63. The number of pyridine rings is 1. The fraction of sp³-hybridized carbons (Fsp3) is 0.464. The highest BCUT2D eigenvalue weighted by Gasteiger charge is 2.27. The van der Waals surface area contributed by atoms with Gasteiger partial charge in [0.05, 0.1) is 18.2 Å². The quantitative estimate of drug-likeness (QED) is 0.269. The Balaban J connectivity index is 1.20. The van der Waals surface area contributed by atoms with Crippen molar-refractivity contribution >= 4 is 10.9 Å². The van der Waals surface area contributed by atoms with Gasteiger partial charge in [-0.2, -0.15) is 0 Å². The van der Waals surface area contributed by atoms with Gasteiger partial charge in [-0.3, -0.25) is 4.79 Å². The summed E-state index contributed by atoms with van der Waals surface area (Å²) in [5, 5.41) is 28.1. The normalized spacial score (nSPS) is 16.3. The van der Waals surface area contributed by atoms with Crippen molar-refractivity contribution in [3.63, 3.8) is 0 Å². The Kier molecular flexibility index (Phi) is 8.44. The molecule has 0 spiro atoms. The number of benzene rings is 2. The second kappa shape index (κ2) is 11.7. The molecule has 0 radical (unpaired) electrons. The summed E-state index contributed by atoms with van der Waals surface area (Å²) in [5.41, 5.74) is 2.35. The summed E-state index contributed by atoms with van der Waals surface area (Å²) in [6.07, 6.45) is 4.53. The molecule has 1 saturated heterocycles. The SMILES string of the molecule is CC1(Cc2ccccc2OCCCCNC[C@H](O)c2ccc(O)c3[nH]c(=O)ccc23)CCNCC1. The molecule has 35 heavy (non-hydrogen) atoms. The molecular weight excluding hydrogens is 442 g/mol. The summed E-state index contributed by atoms with van der Waals surface area (Å²) in [6, 6.07) is 14.6. The monoisotopic (exact) mass is 479 g/mol. The molecule has 1 aliphatic rings. The molecule has 1 aliphatic heterocycles. The van der Waals surface area contributed by atoms with E-state index in [4.69, 9.17) is 4.74 Å². The van der Waals surface area contributed by atoms with E-state index in [1.807, 2.05) is 6.07 Å². The van der Waals surface area contributed by atoms with Gasteiger partial charge in [0, 0.05) is 18.0 Å². The third-order valence-corrected chi connectivity index (χ3v) is 7.01. The number of unbranched alkanes of at least 4 members (excludes halogenated alkanes) is 1. The van der Waals surface area contributed by atoms with Crippen LogP contribution in [0.15, 0.2) is 53.3 Å². The van der Waals surface area contributed by atoms with Crippen LogP contribution in [0.3, 0.4) is 0 Å². The minimum Gasteiger partial charge on any atom is -0.506 e. The number of piperidine rings is 1. The number of rotatable bonds is 11. The summed E-state index contributed by atoms with van der Waals surface area (Å²) in [4.78, 5) is 14.2. The number of aromatic hydroxyl groups is 1. The van der Waals surface area contributed by atoms with Gasteiger partial charge < -0.3 is 30.6 Å². The van der Waals surface area contributed by atoms with Crippen molar-refractivity contribution in [2.75, 3.05) is 32.8 Å². The zero-order valence-corrected chi connectivity index (χ0v) is 20.5. The van der Waals surface area contributed by atoms with Gasteiger partial charge in [0.1, 0.15) is 11.5 Å². The molecule has 1 fully saturated rings. The molecule has 0 unspecified atom stereocenters. The lowest BCUT2D eigenvalue weighted by atomic mass is 9.76. The lowest BCUT2D eigenvalue weighted by Crippen LogP contribution is -2.36. The van der Waals surface area contributed by atoms with Gasteiger partial charge in [-0.25, -0.2) is 0 Å². The van der Waals surface area contributed by atoms with Crippen molar-refractivity contribution in [2.24, 2.45) is 5.41 Å². The van der Waals surface area contributed by atoms with E-state index < -0.39 is 6.10 Å². The van der Waals surface area contributed by atoms with E-state index >= 15 is 0 Å². The number of aromatic amines is 1. The van der Waals surface area contributed by atoms with E-state index in [0.29, 0.717) is 35.0 Å². The summed E-state index contributed by atoms with van der Waals surface area (Å²) >= 11 is 0. The fourth-order valence-corrected chi connectivity index (χ4v) is 4.89. The molecule has 0 saturated carbocycles. The number of hydrogen-bond acceptors (Lipinski definition) is 6. The van der Waals surface area contributed by atoms with Crippen molar-refractivity contribution in [3.8, 4) is 11.5 Å². The molecule has 2 heterocycles. The molecule has 7 heteroatoms. The number of aliphatic hydroxyl groups excluding tert-OH is 1. The topological polar surface area (TPSA) is 107 Å². The van der Waals surface area contributed by atoms with Crippen molar-refractivity contribution in [1.82, 2.24) is 15.6 Å². The van der Waals surface area contributed by atoms with Gasteiger partial charge in [-0.1, -0.05) is 31.2 Å². The van der Waals surface area contributed by atoms with Crippen LogP contribution in [-0.2, 0) is 6.42 Å². The van der Waals surface area contributed by atoms with Crippen molar-refractivity contribution in [1.29, 1.82) is 0 Å². The first-order chi connectivity index (χ1) is 17.0. The second-order valence-electron chi connectivity index (χ2n) is 9.91. The summed E-state index contributed by atoms with van der Waals surface area (Å²) in [7, 11) is 0. The molecule has 3 aromatic rings. The van der Waals surface area contributed by atoms with Crippen LogP contribution >= 0.6 is 0 Å². The van der Waals surface area contributed by atoms with Crippen LogP contribution in [0.1, 0.15) is 49.8 Å². The van der Waals surface area contributed by atoms with E-state index in [9.17, 15) is 15.0 Å². The van der Waals surface area contributed by atoms with Crippen LogP contribution in [-0.4, -0.2) is 48.0 Å². The average Bonchev–Trinajstić information content (AvgIpc) is 2.85. The van der Waals surface area contributed by atoms with Crippen LogP contribution in [0.25, 0.3) is 10.9 Å². The Hall–Kier alpha value is -2.87. The number of H-pyrrole nitrogens is 1. The van der Waals surface area contributed by atoms with Crippen molar-refractivity contribution < 1.29 is 14.9 Å². The first-order valence-electron chi connectivity index (χ1n) is 12.6. The minimum absolute atomic E-state index is 0.00645. The zero-order chi connectivity index (χ0) is 24.7. The first-order valence-corrected chi connectivity index (χ1v) is 12.6. The molecule has 0 amide bonds. The Morgan fingerprint density at radius 3 is 2.71 bits per heavy atom. The molecule has 1 aromatic heterocycles. The number of aromatic nitrogens is 1. The van der Waals surface area contributed by atoms with Gasteiger partial charge >= 0.3 is 0 Å². The van der Waals surface area contributed by atoms with Crippen LogP contribution in [0.2, 0.25) is 0 Å². The third-order valence-electron chi connectivity index (χ3n) is 7.01. The predicted molar refractivity (Wildman–Crippen MR) is 139 cm³/mol. The zero-order valence-electron chi connectivity index (χ0n) is 20.5. The minimum atomic E-state index is -0.747. The summed E-state index contributed by atoms with van der Waals surface area (Å²) in [6.45, 7) is 6.37. The molecule has 1 atom stereocenters. The van der Waals surface area contributed by atoms with E-state index in [2.05, 4.69) is 40.7 Å². The van der Waals surface area contributed by atoms with Gasteiger partial charge in [0.25, 0.3) is 0 Å². The molecule has 4 rings (SSSR count). The van der Waals surface area contributed by atoms with Crippen LogP contribution in [0, 0.1) is 5.41 Å². The van der Waals surface area contributed by atoms with Gasteiger partial charge in [0.15, 0.2) is 0 Å². The standard InChI is InChI=1S/C28H37N3O4/c1-28(12-15-29-16-13-28)18-20-6-2-3-7-25(20)35-17-5-4-14-30-19-24(33)21-8-10-23(32)27-22(21)9-11-26(34)31-27/h2-3,6-11,24,29-30,32-33H,4-5,12-19H2,1H3,(H,31,34)/t24-/m0/s1. The molecular formula is C28H37N3O4. The maximum Gasteiger partial charge on any atom is 0.248 e. The molecule has 0 bridgehead atoms. The highest BCUT2D eigenvalue weighted by atomic mass is 16.5. The Labute approximate surface area is 206 Å². The Morgan fingerprint density at radius 2 is 1.89 bits per heavy atom. The molecule has 7 nitrogen and oxygen atoms in total. The van der Waals surface area contributed by atoms with Gasteiger partial charge in [0.2, 0.25) is 5.56 Å². The number of para-hydroxylation sites is 1. The lowest BCUT2D eigenvalue weighted by molar-refractivity contribution is 0.176. The molecule has 5 N–H and O–H groups in total. The maximum atomic E-state index is 11.6. The average molecular weight is 480 g/mol. The Morgan fingerprint density at radius 1 is 1.09 bits per heavy atom. The van der Waals surface area contributed by atoms with E-state index in [1.165, 1.54) is 30.5 Å². The van der Waals surface area contributed by atoms with Crippen LogP contribution in [0.4, 0.5) is 0 Å². The van der Waals surface area contributed by atoms with Gasteiger partial charge in [-0.15, -0.1) is 0 Å². The number of hydrogen-bond donors (Lipinski definition) is 5. The van der Waals surface area contributed by atoms with Crippen LogP contribution < -0.4 is 20.9 Å². The van der Waals surface area contributed by atoms with Crippen molar-refractivity contribution in [2.45, 2.75) is 45.1 Å². The Bertz CT molecular complexity index is 1170. The number of aliphatic hydroxyl groups is 1. The number of fused-ring (bicyclic) bond motifs is 1. The summed E-state index contributed by atoms with van der Waals surface area (Å²) in [5.74, 6) is 0.987. The number of ether oxygens (including phenoxy) is 1. The van der Waals surface area contributed by atoms with E-state index in [1.54, 1.807) is 12.1 Å². The highest BCUT2D eigenvalue weighted by molar-refractivity contribution is 5.87. The number of phenolic OH excluding ortho intramolecular Hbond substituents is 1. The summed E-state index contributed by atoms with van der Waals surface area (Å²) < 4.78 is 6.14. The highest BCUT2D eigenvalue weighted by Crippen LogP contribution is 2.35. The number of nitrogens with one attached hydrogen (secondary N) is 3. The van der Waals surface area contributed by atoms with Crippen LogP contribution in [0.5, 0.6) is 11.5 Å². The lowest BCUT2D eigenvalue weighted by Gasteiger charge is -2.34. The van der Waals surface area contributed by atoms with E-state index in [-0.39, 0.29) is 11.3 Å². The molecule has 2 aromatic carbocycles. The first kappa shape index (κ1) is 25.2. The number of phenols is 1. The maximum absolute atomic E-state index is 11.6. The fourth-order valence-electron chi connectivity index (χ4n) is 4.89. The molecule has 188 valence electrons. The molecule has 0 aliphatic carbocycles. The second-order valence-corrected chi connectivity index (χ2v) is 9.91.